The summed E-state index contributed by atoms with van der Waals surface area (Å²) in [6, 6.07) is 10.4. The zero-order chi connectivity index (χ0) is 28.6. The number of aryl methyl sites for hydroxylation is 1. The Hall–Kier alpha value is -4.68. The molecule has 2 aromatic carbocycles. The zero-order valence-corrected chi connectivity index (χ0v) is 21.3. The second-order valence-electron chi connectivity index (χ2n) is 9.11. The van der Waals surface area contributed by atoms with Gasteiger partial charge in [-0.15, -0.1) is 10.2 Å². The van der Waals surface area contributed by atoms with E-state index in [2.05, 4.69) is 20.3 Å². The van der Waals surface area contributed by atoms with Crippen LogP contribution in [0.3, 0.4) is 0 Å². The molecule has 1 aliphatic rings. The Bertz CT molecular complexity index is 1550. The third-order valence-corrected chi connectivity index (χ3v) is 6.81. The number of amides is 2. The van der Waals surface area contributed by atoms with Crippen LogP contribution in [0.25, 0.3) is 5.65 Å². The largest absolute Gasteiger partial charge is 0.497 e. The molecule has 1 aliphatic heterocycles. The molecule has 0 aliphatic carbocycles. The summed E-state index contributed by atoms with van der Waals surface area (Å²) >= 11 is 0. The van der Waals surface area contributed by atoms with Crippen LogP contribution in [0.4, 0.5) is 23.2 Å². The van der Waals surface area contributed by atoms with Gasteiger partial charge < -0.3 is 19.7 Å². The average molecular weight is 558 g/mol. The Morgan fingerprint density at radius 3 is 2.45 bits per heavy atom. The fourth-order valence-corrected chi connectivity index (χ4v) is 4.88. The molecule has 5 rings (SSSR count). The number of methoxy groups -OCH3 is 1. The second-order valence-corrected chi connectivity index (χ2v) is 9.11. The van der Waals surface area contributed by atoms with E-state index in [0.29, 0.717) is 17.2 Å². The standard InChI is InChI=1S/C27H23F4N5O4/c1-14-33-34-24-22(4-3-9-35(14)24)36-13-19(23-20(28)10-17(39-2)11-21(23)29)18(26(36)38)12-32-25(37)15-5-7-16(8-6-15)40-27(30)31/h3-11,18-19,27H,12-13H2,1-2H3,(H,32,37)/t18?,19-/m1/s1. The quantitative estimate of drug-likeness (QED) is 0.328. The highest BCUT2D eigenvalue weighted by Crippen LogP contribution is 2.40. The number of aromatic nitrogens is 3. The van der Waals surface area contributed by atoms with Crippen molar-refractivity contribution < 1.29 is 36.6 Å². The van der Waals surface area contributed by atoms with Gasteiger partial charge in [0.1, 0.15) is 29.0 Å². The van der Waals surface area contributed by atoms with E-state index >= 15 is 8.78 Å². The third-order valence-electron chi connectivity index (χ3n) is 6.81. The molecule has 0 bridgehead atoms. The fraction of sp³-hybridized carbons (Fsp3) is 0.259. The highest BCUT2D eigenvalue weighted by atomic mass is 19.3. The van der Waals surface area contributed by atoms with Gasteiger partial charge in [0.25, 0.3) is 5.91 Å². The first-order valence-corrected chi connectivity index (χ1v) is 12.2. The smallest absolute Gasteiger partial charge is 0.387 e. The molecule has 2 atom stereocenters. The summed E-state index contributed by atoms with van der Waals surface area (Å²) in [5, 5.41) is 10.8. The van der Waals surface area contributed by atoms with Crippen LogP contribution >= 0.6 is 0 Å². The minimum absolute atomic E-state index is 0.0206. The average Bonchev–Trinajstić information content (AvgIpc) is 3.46. The van der Waals surface area contributed by atoms with Crippen molar-refractivity contribution in [1.82, 2.24) is 19.9 Å². The molecule has 2 amide bonds. The summed E-state index contributed by atoms with van der Waals surface area (Å²) in [7, 11) is 1.28. The highest BCUT2D eigenvalue weighted by Gasteiger charge is 2.45. The molecule has 1 unspecified atom stereocenters. The third kappa shape index (κ3) is 5.01. The Labute approximate surface area is 225 Å². The summed E-state index contributed by atoms with van der Waals surface area (Å²) in [5.74, 6) is -4.46. The molecule has 2 aromatic heterocycles. The number of carbonyl (C=O) groups is 2. The lowest BCUT2D eigenvalue weighted by Crippen LogP contribution is -2.36. The maximum absolute atomic E-state index is 15.2. The summed E-state index contributed by atoms with van der Waals surface area (Å²) in [6.45, 7) is -1.62. The number of fused-ring (bicyclic) bond motifs is 1. The number of anilines is 1. The summed E-state index contributed by atoms with van der Waals surface area (Å²) in [6.07, 6.45) is 1.73. The normalized spacial score (nSPS) is 17.1. The van der Waals surface area contributed by atoms with Gasteiger partial charge in [0, 0.05) is 48.5 Å². The Balaban J connectivity index is 1.46. The second kappa shape index (κ2) is 10.8. The predicted molar refractivity (Wildman–Crippen MR) is 135 cm³/mol. The molecule has 13 heteroatoms. The maximum atomic E-state index is 15.2. The van der Waals surface area contributed by atoms with E-state index in [0.717, 1.165) is 12.1 Å². The molecule has 40 heavy (non-hydrogen) atoms. The van der Waals surface area contributed by atoms with E-state index in [4.69, 9.17) is 4.74 Å². The number of nitrogens with zero attached hydrogens (tertiary/aromatic N) is 4. The van der Waals surface area contributed by atoms with E-state index < -0.39 is 41.9 Å². The van der Waals surface area contributed by atoms with Gasteiger partial charge in [0.05, 0.1) is 18.7 Å². The van der Waals surface area contributed by atoms with Crippen LogP contribution < -0.4 is 19.7 Å². The number of carbonyl (C=O) groups excluding carboxylic acids is 2. The van der Waals surface area contributed by atoms with Crippen molar-refractivity contribution in [1.29, 1.82) is 0 Å². The number of alkyl halides is 2. The minimum atomic E-state index is -3.01. The van der Waals surface area contributed by atoms with Crippen LogP contribution in [0.5, 0.6) is 11.5 Å². The molecule has 1 N–H and O–H groups in total. The molecule has 3 heterocycles. The van der Waals surface area contributed by atoms with Gasteiger partial charge in [-0.3, -0.25) is 14.0 Å². The number of nitrogens with one attached hydrogen (secondary N) is 1. The van der Waals surface area contributed by atoms with Crippen molar-refractivity contribution in [2.45, 2.75) is 19.5 Å². The number of rotatable bonds is 8. The molecule has 0 radical (unpaired) electrons. The molecule has 0 saturated carbocycles. The SMILES string of the molecule is COc1cc(F)c([C@@H]2CN(c3cccn4c(C)nnc34)C(=O)C2CNC(=O)c2ccc(OC(F)F)cc2)c(F)c1. The van der Waals surface area contributed by atoms with E-state index in [1.807, 2.05) is 0 Å². The lowest BCUT2D eigenvalue weighted by Gasteiger charge is -2.19. The number of hydrogen-bond donors (Lipinski definition) is 1. The van der Waals surface area contributed by atoms with Crippen molar-refractivity contribution in [2.75, 3.05) is 25.1 Å². The Morgan fingerprint density at radius 1 is 1.10 bits per heavy atom. The number of pyridine rings is 1. The Kier molecular flexibility index (Phi) is 7.28. The van der Waals surface area contributed by atoms with Gasteiger partial charge >= 0.3 is 6.61 Å². The van der Waals surface area contributed by atoms with Gasteiger partial charge in [-0.25, -0.2) is 8.78 Å². The molecule has 1 fully saturated rings. The van der Waals surface area contributed by atoms with Crippen LogP contribution in [-0.2, 0) is 4.79 Å². The molecule has 208 valence electrons. The van der Waals surface area contributed by atoms with E-state index in [9.17, 15) is 18.4 Å². The van der Waals surface area contributed by atoms with Crippen molar-refractivity contribution in [2.24, 2.45) is 5.92 Å². The fourth-order valence-electron chi connectivity index (χ4n) is 4.88. The summed E-state index contributed by atoms with van der Waals surface area (Å²) in [5.41, 5.74) is 0.592. The molecule has 4 aromatic rings. The van der Waals surface area contributed by atoms with Crippen LogP contribution in [0.15, 0.2) is 54.7 Å². The van der Waals surface area contributed by atoms with Crippen molar-refractivity contribution in [3.8, 4) is 11.5 Å². The monoisotopic (exact) mass is 557 g/mol. The number of ether oxygens (including phenoxy) is 2. The van der Waals surface area contributed by atoms with Gasteiger partial charge in [-0.1, -0.05) is 0 Å². The number of halogens is 4. The van der Waals surface area contributed by atoms with Crippen molar-refractivity contribution in [3.63, 3.8) is 0 Å². The lowest BCUT2D eigenvalue weighted by molar-refractivity contribution is -0.120. The van der Waals surface area contributed by atoms with E-state index in [1.54, 1.807) is 29.7 Å². The van der Waals surface area contributed by atoms with Gasteiger partial charge in [0.2, 0.25) is 5.91 Å². The maximum Gasteiger partial charge on any atom is 0.387 e. The molecular formula is C27H23F4N5O4. The van der Waals surface area contributed by atoms with Gasteiger partial charge in [-0.05, 0) is 43.3 Å². The molecule has 0 spiro atoms. The van der Waals surface area contributed by atoms with Crippen LogP contribution in [0, 0.1) is 24.5 Å². The number of hydrogen-bond acceptors (Lipinski definition) is 6. The summed E-state index contributed by atoms with van der Waals surface area (Å²) in [4.78, 5) is 27.9. The minimum Gasteiger partial charge on any atom is -0.497 e. The molecular weight excluding hydrogens is 534 g/mol. The van der Waals surface area contributed by atoms with Crippen LogP contribution in [0.2, 0.25) is 0 Å². The Morgan fingerprint density at radius 2 is 1.80 bits per heavy atom. The zero-order valence-electron chi connectivity index (χ0n) is 21.3. The first kappa shape index (κ1) is 26.9. The van der Waals surface area contributed by atoms with E-state index in [1.165, 1.54) is 36.3 Å². The van der Waals surface area contributed by atoms with Crippen LogP contribution in [-0.4, -0.2) is 53.2 Å². The van der Waals surface area contributed by atoms with E-state index in [-0.39, 0.29) is 35.7 Å². The molecule has 1 saturated heterocycles. The summed E-state index contributed by atoms with van der Waals surface area (Å²) < 4.78 is 66.2. The van der Waals surface area contributed by atoms with Gasteiger partial charge in [-0.2, -0.15) is 8.78 Å². The van der Waals surface area contributed by atoms with Crippen LogP contribution in [0.1, 0.15) is 27.7 Å². The number of benzene rings is 2. The molecule has 9 nitrogen and oxygen atoms in total. The highest BCUT2D eigenvalue weighted by molar-refractivity contribution is 6.02. The van der Waals surface area contributed by atoms with Crippen molar-refractivity contribution >= 4 is 23.1 Å². The predicted octanol–water partition coefficient (Wildman–Crippen LogP) is 4.10. The van der Waals surface area contributed by atoms with Gasteiger partial charge in [0.15, 0.2) is 5.65 Å². The van der Waals surface area contributed by atoms with Crippen molar-refractivity contribution in [3.05, 3.63) is 83.3 Å². The lowest BCUT2D eigenvalue weighted by atomic mass is 9.87. The first-order valence-electron chi connectivity index (χ1n) is 12.2. The topological polar surface area (TPSA) is 98.1 Å². The first-order chi connectivity index (χ1) is 19.2.